The minimum absolute atomic E-state index is 0.204. The van der Waals surface area contributed by atoms with Gasteiger partial charge in [0.15, 0.2) is 0 Å². The van der Waals surface area contributed by atoms with Crippen molar-refractivity contribution in [3.8, 4) is 0 Å². The smallest absolute Gasteiger partial charge is 0.416 e. The van der Waals surface area contributed by atoms with Gasteiger partial charge >= 0.3 is 18.4 Å². The molecule has 2 aromatic carbocycles. The molecule has 2 aromatic rings. The predicted molar refractivity (Wildman–Crippen MR) is 125 cm³/mol. The fourth-order valence-electron chi connectivity index (χ4n) is 3.86. The van der Waals surface area contributed by atoms with Gasteiger partial charge in [0.05, 0.1) is 11.1 Å². The van der Waals surface area contributed by atoms with E-state index >= 15 is 0 Å². The average molecular weight is 531 g/mol. The summed E-state index contributed by atoms with van der Waals surface area (Å²) in [6.45, 7) is 5.89. The fourth-order valence-corrected chi connectivity index (χ4v) is 3.86. The summed E-state index contributed by atoms with van der Waals surface area (Å²) in [5.41, 5.74) is -4.09. The molecule has 0 unspecified atom stereocenters. The van der Waals surface area contributed by atoms with E-state index in [1.165, 1.54) is 6.07 Å². The number of piperidine rings is 1. The van der Waals surface area contributed by atoms with E-state index in [0.29, 0.717) is 38.1 Å². The first-order valence-corrected chi connectivity index (χ1v) is 11.5. The highest BCUT2D eigenvalue weighted by atomic mass is 19.4. The highest BCUT2D eigenvalue weighted by Crippen LogP contribution is 2.36. The number of hydrogen-bond donors (Lipinski definition) is 2. The van der Waals surface area contributed by atoms with Gasteiger partial charge in [0.2, 0.25) is 0 Å². The van der Waals surface area contributed by atoms with E-state index in [9.17, 15) is 35.9 Å². The quantitative estimate of drug-likeness (QED) is 0.444. The van der Waals surface area contributed by atoms with Crippen LogP contribution >= 0.6 is 0 Å². The van der Waals surface area contributed by atoms with Gasteiger partial charge in [-0.2, -0.15) is 26.3 Å². The van der Waals surface area contributed by atoms with Crippen LogP contribution in [-0.2, 0) is 17.1 Å². The Bertz CT molecular complexity index is 1140. The van der Waals surface area contributed by atoms with E-state index in [4.69, 9.17) is 4.74 Å². The van der Waals surface area contributed by atoms with Gasteiger partial charge in [0, 0.05) is 23.0 Å². The van der Waals surface area contributed by atoms with E-state index in [1.54, 1.807) is 20.8 Å². The normalized spacial score (nSPS) is 15.3. The van der Waals surface area contributed by atoms with Gasteiger partial charge in [-0.15, -0.1) is 0 Å². The number of benzene rings is 2. The topological polar surface area (TPSA) is 70.7 Å². The molecule has 1 heterocycles. The van der Waals surface area contributed by atoms with Gasteiger partial charge < -0.3 is 15.4 Å². The summed E-state index contributed by atoms with van der Waals surface area (Å²) >= 11 is 0. The van der Waals surface area contributed by atoms with Gasteiger partial charge in [0.25, 0.3) is 5.91 Å². The Hall–Kier alpha value is -3.28. The van der Waals surface area contributed by atoms with E-state index in [-0.39, 0.29) is 11.4 Å². The molecule has 3 rings (SSSR count). The zero-order valence-corrected chi connectivity index (χ0v) is 20.4. The van der Waals surface area contributed by atoms with Gasteiger partial charge in [-0.3, -0.25) is 9.69 Å². The Morgan fingerprint density at radius 3 is 2.11 bits per heavy atom. The summed E-state index contributed by atoms with van der Waals surface area (Å²) in [6, 6.07) is 5.67. The summed E-state index contributed by atoms with van der Waals surface area (Å²) < 4.78 is 85.9. The number of amides is 2. The average Bonchev–Trinajstić information content (AvgIpc) is 2.77. The molecule has 1 aliphatic heterocycles. The van der Waals surface area contributed by atoms with Crippen molar-refractivity contribution in [2.45, 2.75) is 57.6 Å². The largest absolute Gasteiger partial charge is 0.443 e. The molecular weight excluding hydrogens is 504 g/mol. The second-order valence-electron chi connectivity index (χ2n) is 9.63. The number of alkyl halides is 6. The molecule has 2 amide bonds. The number of nitrogens with zero attached hydrogens (tertiary/aromatic N) is 1. The van der Waals surface area contributed by atoms with Crippen molar-refractivity contribution in [2.75, 3.05) is 23.3 Å². The fraction of sp³-hybridized carbons (Fsp3) is 0.440. The van der Waals surface area contributed by atoms with Crippen molar-refractivity contribution in [1.29, 1.82) is 0 Å². The first-order chi connectivity index (χ1) is 17.0. The van der Waals surface area contributed by atoms with Gasteiger partial charge in [-0.25, -0.2) is 4.79 Å². The first-order valence-electron chi connectivity index (χ1n) is 11.5. The number of rotatable bonds is 4. The van der Waals surface area contributed by atoms with Crippen LogP contribution in [-0.4, -0.2) is 36.7 Å². The zero-order chi connectivity index (χ0) is 27.6. The highest BCUT2D eigenvalue weighted by molar-refractivity contribution is 6.05. The standard InChI is InChI=1S/C25H27F6N3O3/c1-23(2,3)37-22(36)34(19-7-9-32-10-8-19)20-12-15(11-17(14-20)25(29,30)31)21(35)33-18-6-4-5-16(13-18)24(26,27)28/h4-6,11-14,19,32H,7-10H2,1-3H3,(H,33,35). The Balaban J connectivity index is 2.04. The lowest BCUT2D eigenvalue weighted by atomic mass is 10.0. The van der Waals surface area contributed by atoms with Crippen LogP contribution in [0, 0.1) is 0 Å². The molecule has 0 aliphatic carbocycles. The molecule has 1 saturated heterocycles. The molecule has 0 aromatic heterocycles. The van der Waals surface area contributed by atoms with E-state index in [2.05, 4.69) is 10.6 Å². The maximum Gasteiger partial charge on any atom is 0.416 e. The Labute approximate surface area is 210 Å². The maximum atomic E-state index is 13.8. The third-order valence-corrected chi connectivity index (χ3v) is 5.50. The van der Waals surface area contributed by atoms with Crippen LogP contribution in [0.3, 0.4) is 0 Å². The molecule has 2 N–H and O–H groups in total. The van der Waals surface area contributed by atoms with Crippen molar-refractivity contribution < 1.29 is 40.7 Å². The number of hydrogen-bond acceptors (Lipinski definition) is 4. The van der Waals surface area contributed by atoms with Crippen LogP contribution in [0.25, 0.3) is 0 Å². The van der Waals surface area contributed by atoms with Gasteiger partial charge in [-0.1, -0.05) is 6.07 Å². The van der Waals surface area contributed by atoms with E-state index < -0.39 is 52.7 Å². The number of carbonyl (C=O) groups excluding carboxylic acids is 2. The lowest BCUT2D eigenvalue weighted by molar-refractivity contribution is -0.138. The number of ether oxygens (including phenoxy) is 1. The molecule has 202 valence electrons. The Morgan fingerprint density at radius 1 is 0.919 bits per heavy atom. The number of carbonyl (C=O) groups is 2. The lowest BCUT2D eigenvalue weighted by Gasteiger charge is -2.36. The van der Waals surface area contributed by atoms with Gasteiger partial charge in [0.1, 0.15) is 5.60 Å². The molecule has 37 heavy (non-hydrogen) atoms. The maximum absolute atomic E-state index is 13.8. The Morgan fingerprint density at radius 2 is 1.54 bits per heavy atom. The molecule has 0 bridgehead atoms. The molecule has 0 radical (unpaired) electrons. The minimum atomic E-state index is -4.87. The molecular formula is C25H27F6N3O3. The second-order valence-corrected chi connectivity index (χ2v) is 9.63. The summed E-state index contributed by atoms with van der Waals surface area (Å²) in [4.78, 5) is 27.1. The van der Waals surface area contributed by atoms with Crippen LogP contribution in [0.2, 0.25) is 0 Å². The van der Waals surface area contributed by atoms with Crippen LogP contribution in [0.1, 0.15) is 55.1 Å². The third-order valence-electron chi connectivity index (χ3n) is 5.50. The minimum Gasteiger partial charge on any atom is -0.443 e. The molecule has 1 fully saturated rings. The van der Waals surface area contributed by atoms with Crippen molar-refractivity contribution >= 4 is 23.4 Å². The second kappa shape index (κ2) is 10.6. The number of halogens is 6. The number of anilines is 2. The zero-order valence-electron chi connectivity index (χ0n) is 20.4. The summed E-state index contributed by atoms with van der Waals surface area (Å²) in [5, 5.41) is 5.32. The summed E-state index contributed by atoms with van der Waals surface area (Å²) in [6.07, 6.45) is -9.55. The molecule has 6 nitrogen and oxygen atoms in total. The summed E-state index contributed by atoms with van der Waals surface area (Å²) in [5.74, 6) is -1.07. The monoisotopic (exact) mass is 531 g/mol. The summed E-state index contributed by atoms with van der Waals surface area (Å²) in [7, 11) is 0. The lowest BCUT2D eigenvalue weighted by Crippen LogP contribution is -2.48. The van der Waals surface area contributed by atoms with Crippen molar-refractivity contribution in [1.82, 2.24) is 5.32 Å². The SMILES string of the molecule is CC(C)(C)OC(=O)N(c1cc(C(=O)Nc2cccc(C(F)(F)F)c2)cc(C(F)(F)F)c1)C1CCNCC1. The van der Waals surface area contributed by atoms with Crippen molar-refractivity contribution in [2.24, 2.45) is 0 Å². The Kier molecular flexibility index (Phi) is 8.11. The van der Waals surface area contributed by atoms with Crippen LogP contribution in [0.4, 0.5) is 42.5 Å². The molecule has 0 saturated carbocycles. The van der Waals surface area contributed by atoms with Crippen LogP contribution in [0.5, 0.6) is 0 Å². The molecule has 12 heteroatoms. The van der Waals surface area contributed by atoms with Gasteiger partial charge in [-0.05, 0) is 83.1 Å². The van der Waals surface area contributed by atoms with Crippen LogP contribution < -0.4 is 15.5 Å². The van der Waals surface area contributed by atoms with Crippen molar-refractivity contribution in [3.05, 3.63) is 59.2 Å². The van der Waals surface area contributed by atoms with Crippen molar-refractivity contribution in [3.63, 3.8) is 0 Å². The molecule has 0 atom stereocenters. The molecule has 0 spiro atoms. The third kappa shape index (κ3) is 7.61. The molecule has 1 aliphatic rings. The number of nitrogens with one attached hydrogen (secondary N) is 2. The van der Waals surface area contributed by atoms with E-state index in [0.717, 1.165) is 29.2 Å². The first kappa shape index (κ1) is 28.3. The van der Waals surface area contributed by atoms with E-state index in [1.807, 2.05) is 0 Å². The highest BCUT2D eigenvalue weighted by Gasteiger charge is 2.36. The predicted octanol–water partition coefficient (Wildman–Crippen LogP) is 6.47. The van der Waals surface area contributed by atoms with Crippen LogP contribution in [0.15, 0.2) is 42.5 Å².